The summed E-state index contributed by atoms with van der Waals surface area (Å²) in [5.74, 6) is -0.747. The van der Waals surface area contributed by atoms with Crippen LogP contribution in [0.25, 0.3) is 0 Å². The summed E-state index contributed by atoms with van der Waals surface area (Å²) in [6.07, 6.45) is 2.28. The lowest BCUT2D eigenvalue weighted by atomic mass is 9.93. The van der Waals surface area contributed by atoms with E-state index >= 15 is 0 Å². The summed E-state index contributed by atoms with van der Waals surface area (Å²) in [6, 6.07) is 13.0. The Morgan fingerprint density at radius 2 is 1.88 bits per heavy atom. The van der Waals surface area contributed by atoms with Gasteiger partial charge in [0.1, 0.15) is 17.0 Å². The third kappa shape index (κ3) is 3.51. The third-order valence-corrected chi connectivity index (χ3v) is 4.32. The first kappa shape index (κ1) is 17.5. The molecule has 0 spiro atoms. The van der Waals surface area contributed by atoms with E-state index < -0.39 is 17.5 Å². The van der Waals surface area contributed by atoms with Crippen LogP contribution in [0, 0.1) is 0 Å². The molecule has 3 N–H and O–H groups in total. The Morgan fingerprint density at radius 3 is 2.58 bits per heavy atom. The SMILES string of the molecule is C[C@]1(CCc2ccccc2)NC(=O)N(/N=C/c2ccc(O)cc2O)C1=O. The van der Waals surface area contributed by atoms with Crippen molar-refractivity contribution in [1.82, 2.24) is 10.3 Å². The van der Waals surface area contributed by atoms with E-state index in [0.717, 1.165) is 16.6 Å². The van der Waals surface area contributed by atoms with Crippen LogP contribution in [0.4, 0.5) is 4.79 Å². The fourth-order valence-electron chi connectivity index (χ4n) is 2.74. The summed E-state index contributed by atoms with van der Waals surface area (Å²) in [7, 11) is 0. The molecule has 3 rings (SSSR count). The quantitative estimate of drug-likeness (QED) is 0.567. The summed E-state index contributed by atoms with van der Waals surface area (Å²) < 4.78 is 0. The average molecular weight is 353 g/mol. The first-order chi connectivity index (χ1) is 12.4. The molecule has 0 bridgehead atoms. The van der Waals surface area contributed by atoms with Crippen molar-refractivity contribution >= 4 is 18.2 Å². The molecule has 1 heterocycles. The number of nitrogens with zero attached hydrogens (tertiary/aromatic N) is 2. The first-order valence-electron chi connectivity index (χ1n) is 8.16. The van der Waals surface area contributed by atoms with E-state index in [4.69, 9.17) is 0 Å². The second-order valence-corrected chi connectivity index (χ2v) is 6.35. The molecule has 0 radical (unpaired) electrons. The number of amides is 3. The summed E-state index contributed by atoms with van der Waals surface area (Å²) in [5, 5.41) is 26.4. The lowest BCUT2D eigenvalue weighted by molar-refractivity contribution is -0.130. The Hall–Kier alpha value is -3.35. The monoisotopic (exact) mass is 353 g/mol. The van der Waals surface area contributed by atoms with Crippen molar-refractivity contribution in [2.75, 3.05) is 0 Å². The van der Waals surface area contributed by atoms with Gasteiger partial charge in [-0.05, 0) is 37.5 Å². The number of aromatic hydroxyl groups is 2. The van der Waals surface area contributed by atoms with E-state index in [9.17, 15) is 19.8 Å². The number of carbonyl (C=O) groups excluding carboxylic acids is 2. The number of aryl methyl sites for hydroxylation is 1. The second-order valence-electron chi connectivity index (χ2n) is 6.35. The maximum Gasteiger partial charge on any atom is 0.346 e. The molecule has 0 aliphatic carbocycles. The smallest absolute Gasteiger partial charge is 0.346 e. The number of hydrazone groups is 1. The number of hydrogen-bond donors (Lipinski definition) is 3. The van der Waals surface area contributed by atoms with Gasteiger partial charge in [-0.3, -0.25) is 4.79 Å². The van der Waals surface area contributed by atoms with Gasteiger partial charge >= 0.3 is 6.03 Å². The highest BCUT2D eigenvalue weighted by molar-refractivity contribution is 6.07. The summed E-state index contributed by atoms with van der Waals surface area (Å²) >= 11 is 0. The Labute approximate surface area is 150 Å². The molecule has 1 atom stereocenters. The van der Waals surface area contributed by atoms with Gasteiger partial charge < -0.3 is 15.5 Å². The van der Waals surface area contributed by atoms with Crippen molar-refractivity contribution in [1.29, 1.82) is 0 Å². The van der Waals surface area contributed by atoms with Gasteiger partial charge in [0.05, 0.1) is 6.21 Å². The van der Waals surface area contributed by atoms with Crippen LogP contribution in [0.1, 0.15) is 24.5 Å². The third-order valence-electron chi connectivity index (χ3n) is 4.32. The van der Waals surface area contributed by atoms with Gasteiger partial charge in [0, 0.05) is 11.6 Å². The minimum absolute atomic E-state index is 0.0943. The zero-order valence-electron chi connectivity index (χ0n) is 14.2. The molecule has 26 heavy (non-hydrogen) atoms. The normalized spacial score (nSPS) is 20.0. The molecule has 2 aromatic carbocycles. The topological polar surface area (TPSA) is 102 Å². The molecule has 0 aromatic heterocycles. The Bertz CT molecular complexity index is 866. The molecule has 1 aliphatic rings. The molecule has 1 saturated heterocycles. The number of imide groups is 1. The molecule has 0 unspecified atom stereocenters. The lowest BCUT2D eigenvalue weighted by Gasteiger charge is -2.20. The van der Waals surface area contributed by atoms with Gasteiger partial charge in [0.2, 0.25) is 0 Å². The van der Waals surface area contributed by atoms with Crippen molar-refractivity contribution in [2.45, 2.75) is 25.3 Å². The van der Waals surface area contributed by atoms with Crippen LogP contribution >= 0.6 is 0 Å². The number of rotatable bonds is 5. The van der Waals surface area contributed by atoms with E-state index in [1.807, 2.05) is 30.3 Å². The van der Waals surface area contributed by atoms with Crippen LogP contribution in [0.15, 0.2) is 53.6 Å². The van der Waals surface area contributed by atoms with Crippen LogP contribution in [0.5, 0.6) is 11.5 Å². The predicted molar refractivity (Wildman–Crippen MR) is 95.9 cm³/mol. The van der Waals surface area contributed by atoms with E-state index in [2.05, 4.69) is 10.4 Å². The number of phenolic OH excluding ortho intramolecular Hbond substituents is 2. The number of nitrogens with one attached hydrogen (secondary N) is 1. The number of benzene rings is 2. The van der Waals surface area contributed by atoms with Gasteiger partial charge in [-0.2, -0.15) is 5.10 Å². The number of hydrogen-bond acceptors (Lipinski definition) is 5. The van der Waals surface area contributed by atoms with Crippen LogP contribution in [0.2, 0.25) is 0 Å². The molecular formula is C19H19N3O4. The minimum atomic E-state index is -1.04. The molecule has 0 saturated carbocycles. The van der Waals surface area contributed by atoms with Crippen LogP contribution in [-0.2, 0) is 11.2 Å². The highest BCUT2D eigenvalue weighted by atomic mass is 16.3. The van der Waals surface area contributed by atoms with Gasteiger partial charge in [0.25, 0.3) is 5.91 Å². The maximum absolute atomic E-state index is 12.6. The molecule has 2 aromatic rings. The highest BCUT2D eigenvalue weighted by Gasteiger charge is 2.47. The van der Waals surface area contributed by atoms with Gasteiger partial charge in [-0.1, -0.05) is 30.3 Å². The first-order valence-corrected chi connectivity index (χ1v) is 8.16. The fraction of sp³-hybridized carbons (Fsp3) is 0.211. The van der Waals surface area contributed by atoms with Crippen LogP contribution in [0.3, 0.4) is 0 Å². The molecule has 1 aliphatic heterocycles. The Morgan fingerprint density at radius 1 is 1.15 bits per heavy atom. The van der Waals surface area contributed by atoms with Crippen LogP contribution < -0.4 is 5.32 Å². The van der Waals surface area contributed by atoms with Crippen molar-refractivity contribution < 1.29 is 19.8 Å². The van der Waals surface area contributed by atoms with E-state index in [-0.39, 0.29) is 17.1 Å². The number of urea groups is 1. The molecule has 7 nitrogen and oxygen atoms in total. The largest absolute Gasteiger partial charge is 0.508 e. The molecule has 1 fully saturated rings. The van der Waals surface area contributed by atoms with Crippen molar-refractivity contribution in [3.8, 4) is 11.5 Å². The summed E-state index contributed by atoms with van der Waals surface area (Å²) in [4.78, 5) is 24.8. The van der Waals surface area contributed by atoms with E-state index in [0.29, 0.717) is 12.8 Å². The highest BCUT2D eigenvalue weighted by Crippen LogP contribution is 2.25. The maximum atomic E-state index is 12.6. The van der Waals surface area contributed by atoms with E-state index in [1.165, 1.54) is 18.3 Å². The Kier molecular flexibility index (Phi) is 4.62. The zero-order valence-corrected chi connectivity index (χ0v) is 14.2. The second kappa shape index (κ2) is 6.87. The predicted octanol–water partition coefficient (Wildman–Crippen LogP) is 2.38. The molecule has 3 amide bonds. The van der Waals surface area contributed by atoms with Crippen molar-refractivity contribution in [3.63, 3.8) is 0 Å². The fourth-order valence-corrected chi connectivity index (χ4v) is 2.74. The van der Waals surface area contributed by atoms with Crippen LogP contribution in [-0.4, -0.2) is 38.9 Å². The summed E-state index contributed by atoms with van der Waals surface area (Å²) in [6.45, 7) is 1.67. The molecule has 7 heteroatoms. The van der Waals surface area contributed by atoms with Gasteiger partial charge in [0.15, 0.2) is 0 Å². The standard InChI is InChI=1S/C19H19N3O4/c1-19(10-9-13-5-3-2-4-6-13)17(25)22(18(26)21-19)20-12-14-7-8-15(23)11-16(14)24/h2-8,11-12,23-24H,9-10H2,1H3,(H,21,26)/b20-12+/t19-/m1/s1. The minimum Gasteiger partial charge on any atom is -0.508 e. The van der Waals surface area contributed by atoms with E-state index in [1.54, 1.807) is 6.92 Å². The van der Waals surface area contributed by atoms with Crippen molar-refractivity contribution in [3.05, 3.63) is 59.7 Å². The molecule has 134 valence electrons. The average Bonchev–Trinajstić information content (AvgIpc) is 2.83. The van der Waals surface area contributed by atoms with Gasteiger partial charge in [-0.15, -0.1) is 5.01 Å². The molecular weight excluding hydrogens is 334 g/mol. The van der Waals surface area contributed by atoms with Gasteiger partial charge in [-0.25, -0.2) is 4.79 Å². The Balaban J connectivity index is 1.72. The van der Waals surface area contributed by atoms with Crippen molar-refractivity contribution in [2.24, 2.45) is 5.10 Å². The number of carbonyl (C=O) groups is 2. The number of phenols is 2. The zero-order chi connectivity index (χ0) is 18.7. The lowest BCUT2D eigenvalue weighted by Crippen LogP contribution is -2.44. The summed E-state index contributed by atoms with van der Waals surface area (Å²) in [5.41, 5.74) is 0.314.